The van der Waals surface area contributed by atoms with Gasteiger partial charge in [0.2, 0.25) is 0 Å². The van der Waals surface area contributed by atoms with Gasteiger partial charge in [-0.3, -0.25) is 0 Å². The molecule has 2 heterocycles. The van der Waals surface area contributed by atoms with Crippen LogP contribution in [-0.2, 0) is 0 Å². The quantitative estimate of drug-likeness (QED) is 0.590. The highest BCUT2D eigenvalue weighted by molar-refractivity contribution is 5.93. The third-order valence-corrected chi connectivity index (χ3v) is 5.11. The summed E-state index contributed by atoms with van der Waals surface area (Å²) in [7, 11) is 1.65. The number of hydrogen-bond acceptors (Lipinski definition) is 6. The maximum absolute atomic E-state index is 8.05. The van der Waals surface area contributed by atoms with E-state index in [-0.39, 0.29) is 0 Å². The van der Waals surface area contributed by atoms with Crippen molar-refractivity contribution in [2.24, 2.45) is 0 Å². The minimum Gasteiger partial charge on any atom is -0.497 e. The van der Waals surface area contributed by atoms with Gasteiger partial charge >= 0.3 is 0 Å². The zero-order valence-corrected chi connectivity index (χ0v) is 16.6. The van der Waals surface area contributed by atoms with Crippen molar-refractivity contribution >= 4 is 23.5 Å². The Morgan fingerprint density at radius 1 is 0.966 bits per heavy atom. The van der Waals surface area contributed by atoms with Gasteiger partial charge < -0.3 is 20.4 Å². The lowest BCUT2D eigenvalue weighted by Crippen LogP contribution is -2.31. The third-order valence-electron chi connectivity index (χ3n) is 5.11. The number of nitrogens with one attached hydrogen (secondary N) is 2. The van der Waals surface area contributed by atoms with Crippen LogP contribution < -0.4 is 15.0 Å². The highest BCUT2D eigenvalue weighted by atomic mass is 16.5. The fourth-order valence-corrected chi connectivity index (χ4v) is 3.56. The van der Waals surface area contributed by atoms with Crippen LogP contribution in [-0.4, -0.2) is 36.4 Å². The van der Waals surface area contributed by atoms with Crippen molar-refractivity contribution < 1.29 is 4.74 Å². The number of aromatic nitrogens is 2. The predicted molar refractivity (Wildman–Crippen MR) is 118 cm³/mol. The van der Waals surface area contributed by atoms with E-state index in [9.17, 15) is 0 Å². The maximum Gasteiger partial charge on any atom is 0.163 e. The number of piperidine rings is 1. The van der Waals surface area contributed by atoms with E-state index in [1.54, 1.807) is 7.11 Å². The van der Waals surface area contributed by atoms with Crippen molar-refractivity contribution in [3.63, 3.8) is 0 Å². The van der Waals surface area contributed by atoms with E-state index in [1.807, 2.05) is 54.6 Å². The second-order valence-electron chi connectivity index (χ2n) is 7.04. The molecule has 0 spiro atoms. The van der Waals surface area contributed by atoms with Gasteiger partial charge in [-0.25, -0.2) is 9.97 Å². The molecule has 0 atom stereocenters. The van der Waals surface area contributed by atoms with Gasteiger partial charge in [0.05, 0.1) is 12.7 Å². The largest absolute Gasteiger partial charge is 0.497 e. The van der Waals surface area contributed by atoms with Crippen molar-refractivity contribution in [1.29, 1.82) is 5.41 Å². The molecular formula is C23H25N5O. The fraction of sp³-hybridized carbons (Fsp3) is 0.261. The number of nitrogens with zero attached hydrogens (tertiary/aromatic N) is 3. The summed E-state index contributed by atoms with van der Waals surface area (Å²) in [5.41, 5.74) is 2.56. The van der Waals surface area contributed by atoms with E-state index in [1.165, 1.54) is 12.6 Å². The van der Waals surface area contributed by atoms with Gasteiger partial charge in [0, 0.05) is 30.6 Å². The number of hydrogen-bond donors (Lipinski definition) is 2. The molecule has 1 aliphatic rings. The molecule has 0 radical (unpaired) electrons. The number of rotatable bonds is 6. The first-order chi connectivity index (χ1) is 14.3. The Labute approximate surface area is 171 Å². The third kappa shape index (κ3) is 4.21. The van der Waals surface area contributed by atoms with Crippen molar-refractivity contribution in [2.45, 2.75) is 19.3 Å². The topological polar surface area (TPSA) is 74.1 Å². The zero-order valence-electron chi connectivity index (χ0n) is 16.6. The smallest absolute Gasteiger partial charge is 0.163 e. The normalized spacial score (nSPS) is 13.8. The van der Waals surface area contributed by atoms with Crippen LogP contribution in [0, 0.1) is 5.41 Å². The van der Waals surface area contributed by atoms with E-state index >= 15 is 0 Å². The Morgan fingerprint density at radius 2 is 1.69 bits per heavy atom. The molecule has 0 bridgehead atoms. The van der Waals surface area contributed by atoms with E-state index in [4.69, 9.17) is 20.1 Å². The van der Waals surface area contributed by atoms with Gasteiger partial charge in [-0.1, -0.05) is 18.2 Å². The van der Waals surface area contributed by atoms with Gasteiger partial charge in [0.25, 0.3) is 0 Å². The summed E-state index contributed by atoms with van der Waals surface area (Å²) in [6, 6.07) is 17.7. The Bertz CT molecular complexity index is 967. The molecule has 0 saturated carbocycles. The standard InChI is InChI=1S/C23H25N5O/c1-29-19-12-10-17(11-13-19)21-26-22(25-18-8-4-2-5-9-18)20(16-24)23(27-21)28-14-6-3-7-15-28/h2,4-5,8-13,16,24H,3,6-7,14-15H2,1H3,(H,25,26,27). The van der Waals surface area contributed by atoms with Crippen LogP contribution in [0.25, 0.3) is 11.4 Å². The molecule has 6 heteroatoms. The SMILES string of the molecule is COc1ccc(-c2nc(Nc3ccccc3)c(C=N)c(N3CCCCC3)n2)cc1. The Kier molecular flexibility index (Phi) is 5.70. The molecule has 0 aliphatic carbocycles. The first-order valence-corrected chi connectivity index (χ1v) is 9.92. The van der Waals surface area contributed by atoms with Gasteiger partial charge in [0.15, 0.2) is 5.82 Å². The van der Waals surface area contributed by atoms with Crippen molar-refractivity contribution in [3.05, 3.63) is 60.2 Å². The van der Waals surface area contributed by atoms with Crippen molar-refractivity contribution in [1.82, 2.24) is 9.97 Å². The van der Waals surface area contributed by atoms with Gasteiger partial charge in [-0.05, 0) is 55.7 Å². The zero-order chi connectivity index (χ0) is 20.1. The molecule has 0 unspecified atom stereocenters. The Hall–Kier alpha value is -3.41. The monoisotopic (exact) mass is 387 g/mol. The van der Waals surface area contributed by atoms with Gasteiger partial charge in [-0.2, -0.15) is 0 Å². The van der Waals surface area contributed by atoms with E-state index in [2.05, 4.69) is 10.2 Å². The summed E-state index contributed by atoms with van der Waals surface area (Å²) in [6.07, 6.45) is 4.87. The lowest BCUT2D eigenvalue weighted by Gasteiger charge is -2.29. The summed E-state index contributed by atoms with van der Waals surface area (Å²) in [6.45, 7) is 1.90. The van der Waals surface area contributed by atoms with Gasteiger partial charge in [-0.15, -0.1) is 0 Å². The lowest BCUT2D eigenvalue weighted by molar-refractivity contribution is 0.415. The minimum atomic E-state index is 0.636. The fourth-order valence-electron chi connectivity index (χ4n) is 3.56. The molecule has 148 valence electrons. The molecule has 3 aromatic rings. The average molecular weight is 387 g/mol. The number of ether oxygens (including phenoxy) is 1. The lowest BCUT2D eigenvalue weighted by atomic mass is 10.1. The van der Waals surface area contributed by atoms with Crippen LogP contribution >= 0.6 is 0 Å². The molecule has 2 N–H and O–H groups in total. The summed E-state index contributed by atoms with van der Waals surface area (Å²) in [5, 5.41) is 11.4. The van der Waals surface area contributed by atoms with Crippen LogP contribution in [0.3, 0.4) is 0 Å². The number of anilines is 3. The predicted octanol–water partition coefficient (Wildman–Crippen LogP) is 4.88. The molecule has 1 aromatic heterocycles. The number of methoxy groups -OCH3 is 1. The molecule has 6 nitrogen and oxygen atoms in total. The molecule has 4 rings (SSSR count). The van der Waals surface area contributed by atoms with E-state index < -0.39 is 0 Å². The van der Waals surface area contributed by atoms with Gasteiger partial charge in [0.1, 0.15) is 17.4 Å². The van der Waals surface area contributed by atoms with Crippen LogP contribution in [0.5, 0.6) is 5.75 Å². The van der Waals surface area contributed by atoms with Crippen molar-refractivity contribution in [3.8, 4) is 17.1 Å². The van der Waals surface area contributed by atoms with Crippen LogP contribution in [0.15, 0.2) is 54.6 Å². The second-order valence-corrected chi connectivity index (χ2v) is 7.04. The highest BCUT2D eigenvalue weighted by Crippen LogP contribution is 2.31. The van der Waals surface area contributed by atoms with Crippen LogP contribution in [0.2, 0.25) is 0 Å². The van der Waals surface area contributed by atoms with Crippen LogP contribution in [0.4, 0.5) is 17.3 Å². The molecule has 2 aromatic carbocycles. The van der Waals surface area contributed by atoms with E-state index in [0.717, 1.165) is 48.7 Å². The Balaban J connectivity index is 1.81. The first-order valence-electron chi connectivity index (χ1n) is 9.92. The molecule has 29 heavy (non-hydrogen) atoms. The van der Waals surface area contributed by atoms with Crippen LogP contribution in [0.1, 0.15) is 24.8 Å². The Morgan fingerprint density at radius 3 is 2.34 bits per heavy atom. The number of benzene rings is 2. The maximum atomic E-state index is 8.05. The summed E-state index contributed by atoms with van der Waals surface area (Å²) < 4.78 is 5.27. The molecule has 0 amide bonds. The summed E-state index contributed by atoms with van der Waals surface area (Å²) >= 11 is 0. The second kappa shape index (κ2) is 8.73. The molecular weight excluding hydrogens is 362 g/mol. The molecule has 1 saturated heterocycles. The molecule has 1 aliphatic heterocycles. The number of para-hydroxylation sites is 1. The molecule has 1 fully saturated rings. The first kappa shape index (κ1) is 18.9. The summed E-state index contributed by atoms with van der Waals surface area (Å²) in [5.74, 6) is 2.90. The highest BCUT2D eigenvalue weighted by Gasteiger charge is 2.21. The average Bonchev–Trinajstić information content (AvgIpc) is 2.80. The van der Waals surface area contributed by atoms with E-state index in [0.29, 0.717) is 17.2 Å². The minimum absolute atomic E-state index is 0.636. The summed E-state index contributed by atoms with van der Waals surface area (Å²) in [4.78, 5) is 11.9. The van der Waals surface area contributed by atoms with Crippen molar-refractivity contribution in [2.75, 3.05) is 30.4 Å².